The molecule has 2 aromatic heterocycles. The van der Waals surface area contributed by atoms with Gasteiger partial charge in [0.2, 0.25) is 0 Å². The summed E-state index contributed by atoms with van der Waals surface area (Å²) in [7, 11) is 0. The van der Waals surface area contributed by atoms with E-state index in [0.29, 0.717) is 17.4 Å². The van der Waals surface area contributed by atoms with E-state index in [1.165, 1.54) is 52.3 Å². The van der Waals surface area contributed by atoms with Crippen molar-refractivity contribution in [1.29, 1.82) is 10.5 Å². The fourth-order valence-corrected chi connectivity index (χ4v) is 17.8. The van der Waals surface area contributed by atoms with Crippen LogP contribution in [0.2, 0.25) is 0 Å². The van der Waals surface area contributed by atoms with Gasteiger partial charge in [-0.3, -0.25) is 0 Å². The van der Waals surface area contributed by atoms with Crippen LogP contribution in [0.1, 0.15) is 89.0 Å². The Kier molecular flexibility index (Phi) is 10.9. The molecule has 14 aromatic rings. The van der Waals surface area contributed by atoms with Crippen LogP contribution in [0.3, 0.4) is 0 Å². The van der Waals surface area contributed by atoms with Crippen LogP contribution in [0, 0.1) is 28.6 Å². The highest BCUT2D eigenvalue weighted by Crippen LogP contribution is 2.69. The summed E-state index contributed by atoms with van der Waals surface area (Å²) in [6.45, 7) is 0. The number of aromatic nitrogens is 1. The summed E-state index contributed by atoms with van der Waals surface area (Å²) in [5, 5.41) is 28.8. The van der Waals surface area contributed by atoms with Crippen LogP contribution in [0.5, 0.6) is 0 Å². The van der Waals surface area contributed by atoms with Gasteiger partial charge in [-0.15, -0.1) is 0 Å². The zero-order valence-corrected chi connectivity index (χ0v) is 48.1. The minimum atomic E-state index is -0.855. The standard InChI is InChI=1S/C84H57N3/c85-50-57-46-71-79(81-72(57)56-32-21-37-59-44-45-83(59,81)49-56)77-68(74-64(54-28-11-3-12-29-54)41-23-42-65(74)55-30-13-4-14-31-55)48-67(73-62(52-24-7-1-8-25-52)39-22-40-63(73)53-26-9-2-10-27-53)76-78-70(87(71)82(76)77)47-58(51-86)80-75(78)66-38-19-20-43-69(66)84(80,60-33-15-5-16-34-60)61-35-17-6-18-36-61/h1-20,22-31,33-36,38-43,46-48,56,59H,21,32,37,44-45,49H2. The van der Waals surface area contributed by atoms with E-state index in [-0.39, 0.29) is 5.41 Å². The van der Waals surface area contributed by atoms with Crippen molar-refractivity contribution in [1.82, 2.24) is 4.40 Å². The van der Waals surface area contributed by atoms with Gasteiger partial charge in [-0.1, -0.05) is 249 Å². The number of nitrogens with zero attached hydrogens (tertiary/aromatic N) is 3. The largest absolute Gasteiger partial charge is 0.308 e. The topological polar surface area (TPSA) is 52.0 Å². The SMILES string of the molecule is N#Cc1cc2c(c3c1C1CCCC4CCC34C1)c1c(-c3c(-c4ccccc4)cccc3-c3ccccc3)cc(-c3c(-c4ccccc4)cccc3-c3ccccc3)c3c4c5c(c(C#N)cc4n2c31)C(c1ccccc1)(c1ccccc1)c1ccccc1-5. The third-order valence-corrected chi connectivity index (χ3v) is 21.1. The van der Waals surface area contributed by atoms with Crippen LogP contribution in [0.15, 0.2) is 261 Å². The van der Waals surface area contributed by atoms with Gasteiger partial charge in [0, 0.05) is 21.5 Å². The van der Waals surface area contributed by atoms with Gasteiger partial charge in [-0.05, 0) is 179 Å². The van der Waals surface area contributed by atoms with Crippen molar-refractivity contribution < 1.29 is 0 Å². The average Bonchev–Trinajstić information content (AvgIpc) is 1.51. The maximum Gasteiger partial charge on any atom is 0.0996 e. The van der Waals surface area contributed by atoms with E-state index < -0.39 is 5.41 Å². The van der Waals surface area contributed by atoms with Gasteiger partial charge < -0.3 is 4.40 Å². The van der Waals surface area contributed by atoms with Crippen molar-refractivity contribution in [3.63, 3.8) is 0 Å². The second-order valence-corrected chi connectivity index (χ2v) is 25.0. The number of benzene rings is 12. The quantitative estimate of drug-likeness (QED) is 0.152. The van der Waals surface area contributed by atoms with Gasteiger partial charge >= 0.3 is 0 Å². The van der Waals surface area contributed by atoms with E-state index in [0.717, 1.165) is 141 Å². The van der Waals surface area contributed by atoms with Crippen LogP contribution in [-0.4, -0.2) is 4.40 Å². The summed E-state index contributed by atoms with van der Waals surface area (Å²) < 4.78 is 2.57. The Morgan fingerprint density at radius 3 is 1.32 bits per heavy atom. The second kappa shape index (κ2) is 19.0. The maximum absolute atomic E-state index is 12.2. The molecule has 18 rings (SSSR count). The van der Waals surface area contributed by atoms with E-state index >= 15 is 0 Å². The molecule has 1 spiro atoms. The van der Waals surface area contributed by atoms with Crippen molar-refractivity contribution >= 4 is 38.1 Å². The van der Waals surface area contributed by atoms with Crippen molar-refractivity contribution in [2.75, 3.05) is 0 Å². The molecule has 2 saturated carbocycles. The molecule has 2 bridgehead atoms. The monoisotopic (exact) mass is 1110 g/mol. The second-order valence-electron chi connectivity index (χ2n) is 25.0. The lowest BCUT2D eigenvalue weighted by atomic mass is 9.55. The van der Waals surface area contributed by atoms with Crippen LogP contribution in [-0.2, 0) is 10.8 Å². The molecule has 0 amide bonds. The van der Waals surface area contributed by atoms with Crippen LogP contribution >= 0.6 is 0 Å². The highest BCUT2D eigenvalue weighted by Gasteiger charge is 2.57. The molecule has 3 atom stereocenters. The first-order valence-electron chi connectivity index (χ1n) is 31.0. The molecule has 2 fully saturated rings. The molecule has 0 aliphatic heterocycles. The van der Waals surface area contributed by atoms with Gasteiger partial charge in [0.1, 0.15) is 0 Å². The smallest absolute Gasteiger partial charge is 0.0996 e. The molecule has 87 heavy (non-hydrogen) atoms. The van der Waals surface area contributed by atoms with Gasteiger partial charge in [-0.2, -0.15) is 10.5 Å². The maximum atomic E-state index is 12.2. The van der Waals surface area contributed by atoms with E-state index in [9.17, 15) is 10.5 Å². The van der Waals surface area contributed by atoms with Crippen LogP contribution in [0.25, 0.3) is 116 Å². The lowest BCUT2D eigenvalue weighted by Crippen LogP contribution is -2.42. The van der Waals surface area contributed by atoms with Crippen molar-refractivity contribution in [3.05, 3.63) is 305 Å². The molecule has 0 N–H and O–H groups in total. The van der Waals surface area contributed by atoms with Crippen LogP contribution < -0.4 is 0 Å². The molecule has 3 nitrogen and oxygen atoms in total. The van der Waals surface area contributed by atoms with E-state index in [2.05, 4.69) is 277 Å². The molecule has 408 valence electrons. The van der Waals surface area contributed by atoms with E-state index in [4.69, 9.17) is 0 Å². The fourth-order valence-electron chi connectivity index (χ4n) is 17.8. The first-order chi connectivity index (χ1) is 43.1. The Hall–Kier alpha value is -10.6. The Bertz CT molecular complexity index is 5070. The first-order valence-corrected chi connectivity index (χ1v) is 31.0. The van der Waals surface area contributed by atoms with Crippen molar-refractivity contribution in [2.24, 2.45) is 5.92 Å². The molecule has 0 saturated heterocycles. The Balaban J connectivity index is 1.15. The summed E-state index contributed by atoms with van der Waals surface area (Å²) in [5.74, 6) is 0.866. The summed E-state index contributed by atoms with van der Waals surface area (Å²) >= 11 is 0. The van der Waals surface area contributed by atoms with E-state index in [1.807, 2.05) is 0 Å². The molecule has 0 radical (unpaired) electrons. The molecule has 12 aromatic carbocycles. The Labute approximate surface area is 506 Å². The van der Waals surface area contributed by atoms with Gasteiger partial charge in [0.15, 0.2) is 0 Å². The Morgan fingerprint density at radius 1 is 0.379 bits per heavy atom. The third-order valence-electron chi connectivity index (χ3n) is 21.1. The zero-order valence-electron chi connectivity index (χ0n) is 48.1. The summed E-state index contributed by atoms with van der Waals surface area (Å²) in [5.41, 5.74) is 26.8. The lowest BCUT2D eigenvalue weighted by Gasteiger charge is -2.48. The fraction of sp³-hybridized carbons (Fsp3) is 0.119. The minimum Gasteiger partial charge on any atom is -0.308 e. The molecule has 2 heterocycles. The van der Waals surface area contributed by atoms with Crippen molar-refractivity contribution in [3.8, 4) is 90.0 Å². The van der Waals surface area contributed by atoms with Gasteiger partial charge in [0.25, 0.3) is 0 Å². The van der Waals surface area contributed by atoms with Gasteiger partial charge in [0.05, 0.1) is 45.2 Å². The lowest BCUT2D eigenvalue weighted by molar-refractivity contribution is 0.119. The normalized spacial score (nSPS) is 17.7. The predicted molar refractivity (Wildman–Crippen MR) is 356 cm³/mol. The zero-order chi connectivity index (χ0) is 57.5. The summed E-state index contributed by atoms with van der Waals surface area (Å²) in [6, 6.07) is 102. The van der Waals surface area contributed by atoms with E-state index in [1.54, 1.807) is 0 Å². The highest BCUT2D eigenvalue weighted by atomic mass is 14.9. The summed E-state index contributed by atoms with van der Waals surface area (Å²) in [4.78, 5) is 0. The highest BCUT2D eigenvalue weighted by molar-refractivity contribution is 6.35. The molecular weight excluding hydrogens is 1050 g/mol. The number of rotatable bonds is 8. The molecular formula is C84H57N3. The summed E-state index contributed by atoms with van der Waals surface area (Å²) in [6.07, 6.45) is 6.94. The predicted octanol–water partition coefficient (Wildman–Crippen LogP) is 21.3. The molecule has 3 unspecified atom stereocenters. The average molecular weight is 1110 g/mol. The van der Waals surface area contributed by atoms with Gasteiger partial charge in [-0.25, -0.2) is 0 Å². The minimum absolute atomic E-state index is 0.0416. The van der Waals surface area contributed by atoms with Crippen LogP contribution in [0.4, 0.5) is 0 Å². The molecule has 4 aliphatic rings. The van der Waals surface area contributed by atoms with Crippen molar-refractivity contribution in [2.45, 2.75) is 55.3 Å². The number of hydrogen-bond donors (Lipinski definition) is 0. The first kappa shape index (κ1) is 49.8. The molecule has 4 aliphatic carbocycles. The Morgan fingerprint density at radius 2 is 0.828 bits per heavy atom. The number of fused-ring (bicyclic) bond motifs is 14. The number of nitriles is 2. The third kappa shape index (κ3) is 6.75. The number of hydrogen-bond acceptors (Lipinski definition) is 2. The molecule has 3 heteroatoms.